The minimum absolute atomic E-state index is 0.0427. The van der Waals surface area contributed by atoms with Gasteiger partial charge in [-0.1, -0.05) is 20.1 Å². The average molecular weight is 517 g/mol. The molecule has 37 heavy (non-hydrogen) atoms. The second-order valence-electron chi connectivity index (χ2n) is 12.9. The number of ether oxygens (including phenoxy) is 7. The molecular weight excluding hydrogens is 472 g/mol. The summed E-state index contributed by atoms with van der Waals surface area (Å²) >= 11 is 0. The summed E-state index contributed by atoms with van der Waals surface area (Å²) in [4.78, 5) is 0. The molecule has 0 amide bonds. The van der Waals surface area contributed by atoms with Crippen LogP contribution in [-0.2, 0) is 33.2 Å². The van der Waals surface area contributed by atoms with Crippen molar-refractivity contribution >= 4 is 0 Å². The van der Waals surface area contributed by atoms with Gasteiger partial charge in [-0.15, -0.1) is 0 Å². The highest BCUT2D eigenvalue weighted by Gasteiger charge is 2.68. The average Bonchev–Trinajstić information content (AvgIpc) is 3.44. The molecule has 206 valence electrons. The second kappa shape index (κ2) is 9.39. The Hall–Kier alpha value is -0.800. The van der Waals surface area contributed by atoms with E-state index in [-0.39, 0.29) is 73.2 Å². The maximum atomic E-state index is 6.85. The van der Waals surface area contributed by atoms with E-state index in [4.69, 9.17) is 33.2 Å². The molecule has 0 aliphatic carbocycles. The van der Waals surface area contributed by atoms with Crippen molar-refractivity contribution in [2.45, 2.75) is 158 Å². The topological polar surface area (TPSA) is 64.6 Å². The third kappa shape index (κ3) is 4.37. The third-order valence-corrected chi connectivity index (χ3v) is 10.2. The zero-order chi connectivity index (χ0) is 25.5. The smallest absolute Gasteiger partial charge is 0.172 e. The molecule has 6 bridgehead atoms. The van der Waals surface area contributed by atoms with Crippen LogP contribution < -0.4 is 0 Å². The van der Waals surface area contributed by atoms with Crippen molar-refractivity contribution in [1.29, 1.82) is 0 Å². The molecule has 14 atom stereocenters. The highest BCUT2D eigenvalue weighted by molar-refractivity contribution is 5.14. The lowest BCUT2D eigenvalue weighted by molar-refractivity contribution is -0.291. The minimum Gasteiger partial charge on any atom is -0.371 e. The van der Waals surface area contributed by atoms with Gasteiger partial charge in [0.05, 0.1) is 42.7 Å². The fraction of sp³-hybridized carbons (Fsp3) is 0.867. The number of fused-ring (bicyclic) bond motifs is 1. The lowest BCUT2D eigenvalue weighted by atomic mass is 9.87. The summed E-state index contributed by atoms with van der Waals surface area (Å²) < 4.78 is 45.6. The molecule has 8 fully saturated rings. The summed E-state index contributed by atoms with van der Waals surface area (Å²) in [5.74, 6) is -0.125. The molecule has 8 rings (SSSR count). The Balaban J connectivity index is 0.965. The van der Waals surface area contributed by atoms with Crippen molar-refractivity contribution in [3.8, 4) is 0 Å². The second-order valence-corrected chi connectivity index (χ2v) is 12.9. The maximum Gasteiger partial charge on any atom is 0.172 e. The van der Waals surface area contributed by atoms with Gasteiger partial charge in [-0.2, -0.15) is 0 Å². The first-order valence-corrected chi connectivity index (χ1v) is 14.8. The fourth-order valence-corrected chi connectivity index (χ4v) is 8.10. The van der Waals surface area contributed by atoms with Crippen LogP contribution in [0.1, 0.15) is 78.6 Å². The Morgan fingerprint density at radius 1 is 0.757 bits per heavy atom. The van der Waals surface area contributed by atoms with Crippen LogP contribution in [0.15, 0.2) is 24.3 Å². The van der Waals surface area contributed by atoms with E-state index in [2.05, 4.69) is 33.9 Å². The first-order chi connectivity index (χ1) is 17.8. The van der Waals surface area contributed by atoms with Crippen LogP contribution in [0.2, 0.25) is 0 Å². The van der Waals surface area contributed by atoms with E-state index in [1.165, 1.54) is 11.1 Å². The normalized spacial score (nSPS) is 54.5. The lowest BCUT2D eigenvalue weighted by Gasteiger charge is -2.47. The minimum atomic E-state index is -0.640. The van der Waals surface area contributed by atoms with E-state index < -0.39 is 5.79 Å². The monoisotopic (exact) mass is 516 g/mol. The van der Waals surface area contributed by atoms with Crippen molar-refractivity contribution in [2.24, 2.45) is 5.92 Å². The van der Waals surface area contributed by atoms with Crippen LogP contribution >= 0.6 is 0 Å². The molecule has 8 saturated heterocycles. The van der Waals surface area contributed by atoms with Gasteiger partial charge in [-0.05, 0) is 75.9 Å². The van der Waals surface area contributed by atoms with Gasteiger partial charge in [0.1, 0.15) is 30.5 Å². The van der Waals surface area contributed by atoms with E-state index >= 15 is 0 Å². The standard InChI is InChI=1S/C30H44O7/c1-15-12-20(32-19(5)18(15)4)7-9-22-16(2)13-21(33-22)10-11-30-14-24-26(36-30)27-28(35-24)29(37-30)25-23(34-27)8-6-17(3)31-25/h15,17,19-29H,2,4,6-14H2,1,3,5H3/t15-,17+,19-,20+,21+,22+,23+,24?,25+,26?,27+,28-,29+,30+/m1/s1. The summed E-state index contributed by atoms with van der Waals surface area (Å²) in [5.41, 5.74) is 2.42. The van der Waals surface area contributed by atoms with E-state index in [1.54, 1.807) is 0 Å². The van der Waals surface area contributed by atoms with Gasteiger partial charge in [-0.25, -0.2) is 0 Å². The Bertz CT molecular complexity index is 908. The Kier molecular flexibility index (Phi) is 6.40. The molecule has 2 unspecified atom stereocenters. The van der Waals surface area contributed by atoms with Gasteiger partial charge in [0.25, 0.3) is 0 Å². The fourth-order valence-electron chi connectivity index (χ4n) is 8.10. The van der Waals surface area contributed by atoms with Gasteiger partial charge in [0, 0.05) is 12.8 Å². The molecule has 8 aliphatic heterocycles. The van der Waals surface area contributed by atoms with Gasteiger partial charge in [-0.3, -0.25) is 0 Å². The molecule has 7 nitrogen and oxygen atoms in total. The molecule has 0 radical (unpaired) electrons. The maximum absolute atomic E-state index is 6.85. The summed E-state index contributed by atoms with van der Waals surface area (Å²) in [6, 6.07) is 0. The van der Waals surface area contributed by atoms with Crippen LogP contribution in [0, 0.1) is 5.92 Å². The molecule has 0 spiro atoms. The van der Waals surface area contributed by atoms with E-state index in [0.29, 0.717) is 5.92 Å². The lowest BCUT2D eigenvalue weighted by Crippen LogP contribution is -2.61. The SMILES string of the molecule is C=C1C[C@H](CC[C@@]23CC4O[C@H]5[C@@H](O2)[C@H]2O[C@@H](C)CC[C@@H]2O[C@H]5C4O3)O[C@H]1CC[C@H]1C[C@@H](C)C(=C)[C@@H](C)O1. The molecule has 0 N–H and O–H groups in total. The van der Waals surface area contributed by atoms with Gasteiger partial charge in [0.2, 0.25) is 0 Å². The summed E-state index contributed by atoms with van der Waals surface area (Å²) in [6.45, 7) is 15.1. The summed E-state index contributed by atoms with van der Waals surface area (Å²) in [7, 11) is 0. The van der Waals surface area contributed by atoms with Crippen LogP contribution in [0.25, 0.3) is 0 Å². The van der Waals surface area contributed by atoms with Crippen molar-refractivity contribution in [1.82, 2.24) is 0 Å². The number of hydrogen-bond donors (Lipinski definition) is 0. The number of rotatable bonds is 6. The largest absolute Gasteiger partial charge is 0.371 e. The van der Waals surface area contributed by atoms with Gasteiger partial charge < -0.3 is 33.2 Å². The molecule has 7 heteroatoms. The van der Waals surface area contributed by atoms with Crippen LogP contribution in [0.4, 0.5) is 0 Å². The predicted octanol–water partition coefficient (Wildman–Crippen LogP) is 4.62. The first kappa shape index (κ1) is 25.2. The summed E-state index contributed by atoms with van der Waals surface area (Å²) in [5, 5.41) is 0. The Morgan fingerprint density at radius 2 is 1.54 bits per heavy atom. The van der Waals surface area contributed by atoms with E-state index in [0.717, 1.165) is 57.8 Å². The van der Waals surface area contributed by atoms with Crippen molar-refractivity contribution in [3.63, 3.8) is 0 Å². The van der Waals surface area contributed by atoms with Crippen molar-refractivity contribution < 1.29 is 33.2 Å². The molecule has 0 aromatic heterocycles. The zero-order valence-corrected chi connectivity index (χ0v) is 22.6. The Morgan fingerprint density at radius 3 is 2.38 bits per heavy atom. The highest BCUT2D eigenvalue weighted by atomic mass is 16.8. The highest BCUT2D eigenvalue weighted by Crippen LogP contribution is 2.54. The van der Waals surface area contributed by atoms with Crippen molar-refractivity contribution in [2.75, 3.05) is 0 Å². The molecule has 8 heterocycles. The van der Waals surface area contributed by atoms with E-state index in [1.807, 2.05) is 0 Å². The quantitative estimate of drug-likeness (QED) is 0.478. The summed E-state index contributed by atoms with van der Waals surface area (Å²) in [6.07, 6.45) is 8.99. The van der Waals surface area contributed by atoms with Gasteiger partial charge >= 0.3 is 0 Å². The third-order valence-electron chi connectivity index (χ3n) is 10.2. The van der Waals surface area contributed by atoms with E-state index in [9.17, 15) is 0 Å². The van der Waals surface area contributed by atoms with Crippen molar-refractivity contribution in [3.05, 3.63) is 24.3 Å². The molecule has 0 aromatic rings. The molecular formula is C30H44O7. The van der Waals surface area contributed by atoms with Crippen LogP contribution in [0.3, 0.4) is 0 Å². The van der Waals surface area contributed by atoms with Gasteiger partial charge in [0.15, 0.2) is 5.79 Å². The number of hydrogen-bond acceptors (Lipinski definition) is 7. The molecule has 8 aliphatic rings. The molecule has 0 saturated carbocycles. The first-order valence-electron chi connectivity index (χ1n) is 14.8. The molecule has 0 aromatic carbocycles. The van der Waals surface area contributed by atoms with Crippen LogP contribution in [0.5, 0.6) is 0 Å². The zero-order valence-electron chi connectivity index (χ0n) is 22.6. The predicted molar refractivity (Wildman–Crippen MR) is 136 cm³/mol. The Labute approximate surface area is 221 Å². The van der Waals surface area contributed by atoms with Crippen LogP contribution in [-0.4, -0.2) is 79.0 Å².